The second-order valence-electron chi connectivity index (χ2n) is 7.17. The number of rotatable bonds is 6. The fraction of sp³-hybridized carbons (Fsp3) is 0.250. The highest BCUT2D eigenvalue weighted by molar-refractivity contribution is 5.71. The van der Waals surface area contributed by atoms with Crippen molar-refractivity contribution in [1.82, 2.24) is 5.32 Å². The van der Waals surface area contributed by atoms with Gasteiger partial charge < -0.3 is 15.4 Å². The van der Waals surface area contributed by atoms with E-state index < -0.39 is 0 Å². The molecule has 138 valence electrons. The Bertz CT molecular complexity index is 869. The van der Waals surface area contributed by atoms with Crippen molar-refractivity contribution in [3.63, 3.8) is 0 Å². The molecule has 0 aromatic heterocycles. The molecule has 3 aromatic rings. The molecule has 3 aromatic carbocycles. The number of nitrogens with one attached hydrogen (secondary N) is 2. The van der Waals surface area contributed by atoms with Crippen molar-refractivity contribution in [2.24, 2.45) is 0 Å². The maximum atomic E-state index is 6.26. The Kier molecular flexibility index (Phi) is 5.40. The molecule has 0 amide bonds. The Hall–Kier alpha value is -2.78. The summed E-state index contributed by atoms with van der Waals surface area (Å²) in [7, 11) is 0. The van der Waals surface area contributed by atoms with E-state index in [4.69, 9.17) is 4.74 Å². The molecule has 3 heteroatoms. The molecule has 3 nitrogen and oxygen atoms in total. The molecular weight excluding hydrogens is 332 g/mol. The highest BCUT2D eigenvalue weighted by Gasteiger charge is 2.15. The zero-order chi connectivity index (χ0) is 18.5. The summed E-state index contributed by atoms with van der Waals surface area (Å²) in [6.07, 6.45) is 2.48. The van der Waals surface area contributed by atoms with Gasteiger partial charge >= 0.3 is 0 Å². The molecule has 0 bridgehead atoms. The highest BCUT2D eigenvalue weighted by atomic mass is 16.5. The topological polar surface area (TPSA) is 33.3 Å². The Balaban J connectivity index is 1.61. The van der Waals surface area contributed by atoms with Crippen LogP contribution < -0.4 is 15.4 Å². The summed E-state index contributed by atoms with van der Waals surface area (Å²) < 4.78 is 6.26. The van der Waals surface area contributed by atoms with Crippen molar-refractivity contribution < 1.29 is 4.74 Å². The third kappa shape index (κ3) is 4.50. The van der Waals surface area contributed by atoms with Crippen LogP contribution in [0.2, 0.25) is 0 Å². The lowest BCUT2D eigenvalue weighted by molar-refractivity contribution is 0.484. The first kappa shape index (κ1) is 17.6. The lowest BCUT2D eigenvalue weighted by Gasteiger charge is -2.17. The summed E-state index contributed by atoms with van der Waals surface area (Å²) >= 11 is 0. The minimum Gasteiger partial charge on any atom is -0.455 e. The zero-order valence-corrected chi connectivity index (χ0v) is 15.7. The Morgan fingerprint density at radius 1 is 0.963 bits per heavy atom. The zero-order valence-electron chi connectivity index (χ0n) is 15.7. The average Bonchev–Trinajstić information content (AvgIpc) is 3.23. The molecule has 1 heterocycles. The predicted octanol–water partition coefficient (Wildman–Crippen LogP) is 5.62. The average molecular weight is 358 g/mol. The Labute approximate surface area is 161 Å². The quantitative estimate of drug-likeness (QED) is 0.600. The van der Waals surface area contributed by atoms with Crippen LogP contribution >= 0.6 is 0 Å². The lowest BCUT2D eigenvalue weighted by Crippen LogP contribution is -2.29. The maximum Gasteiger partial charge on any atom is 0.151 e. The molecule has 27 heavy (non-hydrogen) atoms. The van der Waals surface area contributed by atoms with Gasteiger partial charge in [-0.25, -0.2) is 0 Å². The van der Waals surface area contributed by atoms with Gasteiger partial charge in [-0.1, -0.05) is 54.1 Å². The Morgan fingerprint density at radius 3 is 2.52 bits per heavy atom. The van der Waals surface area contributed by atoms with Gasteiger partial charge in [0.2, 0.25) is 0 Å². The highest BCUT2D eigenvalue weighted by Crippen LogP contribution is 2.34. The van der Waals surface area contributed by atoms with E-state index >= 15 is 0 Å². The van der Waals surface area contributed by atoms with Crippen molar-refractivity contribution in [2.45, 2.75) is 25.8 Å². The van der Waals surface area contributed by atoms with E-state index in [1.807, 2.05) is 18.2 Å². The molecule has 4 rings (SSSR count). The number of anilines is 1. The molecule has 0 spiro atoms. The fourth-order valence-corrected chi connectivity index (χ4v) is 3.46. The van der Waals surface area contributed by atoms with E-state index in [2.05, 4.69) is 72.2 Å². The van der Waals surface area contributed by atoms with Gasteiger partial charge in [-0.2, -0.15) is 0 Å². The van der Waals surface area contributed by atoms with Crippen LogP contribution in [0.1, 0.15) is 18.4 Å². The van der Waals surface area contributed by atoms with Crippen LogP contribution in [0, 0.1) is 6.92 Å². The second-order valence-corrected chi connectivity index (χ2v) is 7.17. The van der Waals surface area contributed by atoms with Crippen molar-refractivity contribution in [1.29, 1.82) is 0 Å². The van der Waals surface area contributed by atoms with Crippen LogP contribution in [0.5, 0.6) is 11.5 Å². The number of benzene rings is 3. The molecule has 0 saturated carbocycles. The van der Waals surface area contributed by atoms with E-state index in [9.17, 15) is 0 Å². The van der Waals surface area contributed by atoms with E-state index in [-0.39, 0.29) is 0 Å². The lowest BCUT2D eigenvalue weighted by atomic mass is 10.0. The molecule has 0 aliphatic carbocycles. The van der Waals surface area contributed by atoms with Crippen molar-refractivity contribution in [3.8, 4) is 22.6 Å². The fourth-order valence-electron chi connectivity index (χ4n) is 3.46. The number of aryl methyl sites for hydroxylation is 1. The van der Waals surface area contributed by atoms with Gasteiger partial charge in [0.25, 0.3) is 0 Å². The van der Waals surface area contributed by atoms with Gasteiger partial charge in [0.05, 0.1) is 5.69 Å². The molecule has 1 aliphatic heterocycles. The van der Waals surface area contributed by atoms with Gasteiger partial charge in [0.1, 0.15) is 5.75 Å². The van der Waals surface area contributed by atoms with Crippen molar-refractivity contribution in [3.05, 3.63) is 78.4 Å². The summed E-state index contributed by atoms with van der Waals surface area (Å²) in [6.45, 7) is 4.11. The van der Waals surface area contributed by atoms with Crippen LogP contribution in [0.15, 0.2) is 72.8 Å². The number of ether oxygens (including phenoxy) is 1. The maximum absolute atomic E-state index is 6.26. The van der Waals surface area contributed by atoms with Gasteiger partial charge in [0.15, 0.2) is 5.75 Å². The molecule has 0 radical (unpaired) electrons. The SMILES string of the molecule is Cc1ccc(Oc2cc(-c3ccccc3)ccc2NC[C@@H]2CCCN2)cc1. The molecule has 1 atom stereocenters. The standard InChI is InChI=1S/C24H26N2O/c1-18-9-12-22(13-10-18)27-24-16-20(19-6-3-2-4-7-19)11-14-23(24)26-17-21-8-5-15-25-21/h2-4,6-7,9-14,16,21,25-26H,5,8,15,17H2,1H3/t21-/m0/s1. The number of hydrogen-bond acceptors (Lipinski definition) is 3. The first-order chi connectivity index (χ1) is 13.3. The second kappa shape index (κ2) is 8.28. The molecule has 2 N–H and O–H groups in total. The van der Waals surface area contributed by atoms with Crippen LogP contribution in [-0.2, 0) is 0 Å². The first-order valence-corrected chi connectivity index (χ1v) is 9.69. The van der Waals surface area contributed by atoms with Gasteiger partial charge in [-0.3, -0.25) is 0 Å². The van der Waals surface area contributed by atoms with Crippen LogP contribution in [0.3, 0.4) is 0 Å². The predicted molar refractivity (Wildman–Crippen MR) is 113 cm³/mol. The smallest absolute Gasteiger partial charge is 0.151 e. The van der Waals surface area contributed by atoms with Crippen LogP contribution in [0.4, 0.5) is 5.69 Å². The summed E-state index contributed by atoms with van der Waals surface area (Å²) in [4.78, 5) is 0. The summed E-state index contributed by atoms with van der Waals surface area (Å²) in [5.74, 6) is 1.71. The van der Waals surface area contributed by atoms with E-state index in [0.29, 0.717) is 6.04 Å². The van der Waals surface area contributed by atoms with Crippen molar-refractivity contribution in [2.75, 3.05) is 18.4 Å². The third-order valence-corrected chi connectivity index (χ3v) is 5.04. The van der Waals surface area contributed by atoms with Crippen LogP contribution in [-0.4, -0.2) is 19.1 Å². The molecular formula is C24H26N2O. The third-order valence-electron chi connectivity index (χ3n) is 5.04. The van der Waals surface area contributed by atoms with Gasteiger partial charge in [-0.05, 0) is 61.7 Å². The van der Waals surface area contributed by atoms with Crippen molar-refractivity contribution >= 4 is 5.69 Å². The van der Waals surface area contributed by atoms with Gasteiger partial charge in [0, 0.05) is 12.6 Å². The first-order valence-electron chi connectivity index (χ1n) is 9.69. The normalized spacial score (nSPS) is 16.3. The minimum atomic E-state index is 0.533. The van der Waals surface area contributed by atoms with Gasteiger partial charge in [-0.15, -0.1) is 0 Å². The summed E-state index contributed by atoms with van der Waals surface area (Å²) in [6, 6.07) is 25.5. The number of hydrogen-bond donors (Lipinski definition) is 2. The monoisotopic (exact) mass is 358 g/mol. The van der Waals surface area contributed by atoms with E-state index in [0.717, 1.165) is 35.8 Å². The Morgan fingerprint density at radius 2 is 1.78 bits per heavy atom. The van der Waals surface area contributed by atoms with E-state index in [1.165, 1.54) is 24.0 Å². The molecule has 1 saturated heterocycles. The largest absolute Gasteiger partial charge is 0.455 e. The van der Waals surface area contributed by atoms with Crippen LogP contribution in [0.25, 0.3) is 11.1 Å². The summed E-state index contributed by atoms with van der Waals surface area (Å²) in [5, 5.41) is 7.11. The molecule has 1 fully saturated rings. The molecule has 0 unspecified atom stereocenters. The molecule has 1 aliphatic rings. The van der Waals surface area contributed by atoms with E-state index in [1.54, 1.807) is 0 Å². The summed E-state index contributed by atoms with van der Waals surface area (Å²) in [5.41, 5.74) is 4.60. The minimum absolute atomic E-state index is 0.533.